The third-order valence-electron chi connectivity index (χ3n) is 4.16. The van der Waals surface area contributed by atoms with Gasteiger partial charge in [-0.05, 0) is 29.8 Å². The maximum absolute atomic E-state index is 13.1. The third kappa shape index (κ3) is 5.10. The minimum atomic E-state index is -4.48. The second-order valence-corrected chi connectivity index (χ2v) is 6.06. The van der Waals surface area contributed by atoms with Gasteiger partial charge in [-0.1, -0.05) is 30.3 Å². The Hall–Kier alpha value is -2.80. The molecule has 1 amide bonds. The summed E-state index contributed by atoms with van der Waals surface area (Å²) in [6, 6.07) is 12.6. The Morgan fingerprint density at radius 3 is 2.44 bits per heavy atom. The van der Waals surface area contributed by atoms with Crippen molar-refractivity contribution in [2.45, 2.75) is 6.18 Å². The lowest BCUT2D eigenvalue weighted by Crippen LogP contribution is -2.36. The molecule has 0 radical (unpaired) electrons. The number of halogens is 3. The van der Waals surface area contributed by atoms with Crippen molar-refractivity contribution in [3.63, 3.8) is 0 Å². The standard InChI is InChI=1S/C20H19F3N2O2/c21-20(22,23)16-7-8-18(25-10-12-27-13-11-25)17(14-16)24-19(26)9-6-15-4-2-1-3-5-15/h1-9,14H,10-13H2,(H,24,26)/b9-6+. The molecule has 2 aromatic carbocycles. The Balaban J connectivity index is 1.84. The Morgan fingerprint density at radius 1 is 1.07 bits per heavy atom. The number of hydrogen-bond acceptors (Lipinski definition) is 3. The average Bonchev–Trinajstić information content (AvgIpc) is 2.67. The average molecular weight is 376 g/mol. The van der Waals surface area contributed by atoms with Crippen LogP contribution in [0.2, 0.25) is 0 Å². The highest BCUT2D eigenvalue weighted by Gasteiger charge is 2.31. The summed E-state index contributed by atoms with van der Waals surface area (Å²) in [4.78, 5) is 14.2. The molecule has 4 nitrogen and oxygen atoms in total. The molecule has 2 aromatic rings. The van der Waals surface area contributed by atoms with Gasteiger partial charge in [0.2, 0.25) is 5.91 Å². The number of amides is 1. The number of nitrogens with zero attached hydrogens (tertiary/aromatic N) is 1. The molecule has 1 heterocycles. The lowest BCUT2D eigenvalue weighted by molar-refractivity contribution is -0.137. The van der Waals surface area contributed by atoms with Crippen LogP contribution in [0.15, 0.2) is 54.6 Å². The van der Waals surface area contributed by atoms with E-state index in [-0.39, 0.29) is 5.69 Å². The van der Waals surface area contributed by atoms with Gasteiger partial charge in [-0.15, -0.1) is 0 Å². The highest BCUT2D eigenvalue weighted by molar-refractivity contribution is 6.03. The van der Waals surface area contributed by atoms with Crippen LogP contribution < -0.4 is 10.2 Å². The fraction of sp³-hybridized carbons (Fsp3) is 0.250. The number of ether oxygens (including phenoxy) is 1. The molecule has 1 saturated heterocycles. The highest BCUT2D eigenvalue weighted by Crippen LogP contribution is 2.35. The Labute approximate surface area is 155 Å². The monoisotopic (exact) mass is 376 g/mol. The molecule has 7 heteroatoms. The summed E-state index contributed by atoms with van der Waals surface area (Å²) in [7, 11) is 0. The molecule has 1 N–H and O–H groups in total. The molecule has 27 heavy (non-hydrogen) atoms. The summed E-state index contributed by atoms with van der Waals surface area (Å²) < 4.78 is 44.6. The molecule has 0 unspecified atom stereocenters. The first-order valence-corrected chi connectivity index (χ1v) is 8.51. The summed E-state index contributed by atoms with van der Waals surface area (Å²) in [5, 5.41) is 2.58. The number of hydrogen-bond donors (Lipinski definition) is 1. The lowest BCUT2D eigenvalue weighted by atomic mass is 10.1. The Kier molecular flexibility index (Phi) is 5.81. The van der Waals surface area contributed by atoms with E-state index in [9.17, 15) is 18.0 Å². The zero-order valence-electron chi connectivity index (χ0n) is 14.5. The van der Waals surface area contributed by atoms with Crippen molar-refractivity contribution < 1.29 is 22.7 Å². The first-order chi connectivity index (χ1) is 12.9. The van der Waals surface area contributed by atoms with E-state index in [0.717, 1.165) is 17.7 Å². The van der Waals surface area contributed by atoms with Gasteiger partial charge in [-0.25, -0.2) is 0 Å². The number of carbonyl (C=O) groups is 1. The number of nitrogens with one attached hydrogen (secondary N) is 1. The second kappa shape index (κ2) is 8.26. The van der Waals surface area contributed by atoms with Crippen LogP contribution in [-0.2, 0) is 15.7 Å². The van der Waals surface area contributed by atoms with E-state index in [1.807, 2.05) is 35.2 Å². The molecule has 0 atom stereocenters. The van der Waals surface area contributed by atoms with Gasteiger partial charge in [-0.2, -0.15) is 13.2 Å². The maximum Gasteiger partial charge on any atom is 0.416 e. The summed E-state index contributed by atoms with van der Waals surface area (Å²) in [5.74, 6) is -0.493. The topological polar surface area (TPSA) is 41.6 Å². The molecule has 0 bridgehead atoms. The summed E-state index contributed by atoms with van der Waals surface area (Å²) >= 11 is 0. The molecule has 1 aliphatic rings. The minimum absolute atomic E-state index is 0.134. The first kappa shape index (κ1) is 19.0. The second-order valence-electron chi connectivity index (χ2n) is 6.06. The van der Waals surface area contributed by atoms with Gasteiger partial charge in [0.1, 0.15) is 0 Å². The number of anilines is 2. The van der Waals surface area contributed by atoms with Gasteiger partial charge < -0.3 is 15.0 Å². The van der Waals surface area contributed by atoms with E-state index in [4.69, 9.17) is 4.74 Å². The van der Waals surface area contributed by atoms with E-state index < -0.39 is 17.6 Å². The largest absolute Gasteiger partial charge is 0.416 e. The van der Waals surface area contributed by atoms with Crippen LogP contribution in [-0.4, -0.2) is 32.2 Å². The molecule has 0 saturated carbocycles. The van der Waals surface area contributed by atoms with E-state index >= 15 is 0 Å². The lowest BCUT2D eigenvalue weighted by Gasteiger charge is -2.30. The molecule has 0 spiro atoms. The minimum Gasteiger partial charge on any atom is -0.378 e. The van der Waals surface area contributed by atoms with Gasteiger partial charge in [0.25, 0.3) is 0 Å². The van der Waals surface area contributed by atoms with Crippen molar-refractivity contribution in [3.05, 3.63) is 65.7 Å². The third-order valence-corrected chi connectivity index (χ3v) is 4.16. The van der Waals surface area contributed by atoms with Crippen molar-refractivity contribution >= 4 is 23.4 Å². The van der Waals surface area contributed by atoms with E-state index in [2.05, 4.69) is 5.32 Å². The first-order valence-electron chi connectivity index (χ1n) is 8.51. The quantitative estimate of drug-likeness (QED) is 0.814. The molecule has 0 aliphatic carbocycles. The van der Waals surface area contributed by atoms with E-state index in [1.165, 1.54) is 12.1 Å². The number of carbonyl (C=O) groups excluding carboxylic acids is 1. The maximum atomic E-state index is 13.1. The van der Waals surface area contributed by atoms with E-state index in [0.29, 0.717) is 32.0 Å². The predicted octanol–water partition coefficient (Wildman–Crippen LogP) is 4.19. The van der Waals surface area contributed by atoms with Gasteiger partial charge in [-0.3, -0.25) is 4.79 Å². The summed E-state index contributed by atoms with van der Waals surface area (Å²) in [5.41, 5.74) is 0.703. The van der Waals surface area contributed by atoms with Crippen LogP contribution in [0.25, 0.3) is 6.08 Å². The van der Waals surface area contributed by atoms with Gasteiger partial charge >= 0.3 is 6.18 Å². The zero-order chi connectivity index (χ0) is 19.3. The smallest absolute Gasteiger partial charge is 0.378 e. The SMILES string of the molecule is O=C(/C=C/c1ccccc1)Nc1cc(C(F)(F)F)ccc1N1CCOCC1. The number of benzene rings is 2. The normalized spacial score (nSPS) is 15.1. The summed E-state index contributed by atoms with van der Waals surface area (Å²) in [6.45, 7) is 2.08. The van der Waals surface area contributed by atoms with Gasteiger partial charge in [0.05, 0.1) is 30.2 Å². The Morgan fingerprint density at radius 2 is 1.78 bits per heavy atom. The molecule has 3 rings (SSSR count). The molecule has 1 aliphatic heterocycles. The molecular formula is C20H19F3N2O2. The molecular weight excluding hydrogens is 357 g/mol. The molecule has 1 fully saturated rings. The Bertz CT molecular complexity index is 814. The van der Waals surface area contributed by atoms with Crippen molar-refractivity contribution in [1.82, 2.24) is 0 Å². The van der Waals surface area contributed by atoms with Crippen LogP contribution in [0, 0.1) is 0 Å². The van der Waals surface area contributed by atoms with Crippen LogP contribution >= 0.6 is 0 Å². The van der Waals surface area contributed by atoms with E-state index in [1.54, 1.807) is 6.08 Å². The van der Waals surface area contributed by atoms with Crippen molar-refractivity contribution in [3.8, 4) is 0 Å². The molecule has 0 aromatic heterocycles. The van der Waals surface area contributed by atoms with Crippen LogP contribution in [0.5, 0.6) is 0 Å². The van der Waals surface area contributed by atoms with Crippen LogP contribution in [0.1, 0.15) is 11.1 Å². The van der Waals surface area contributed by atoms with Gasteiger partial charge in [0.15, 0.2) is 0 Å². The predicted molar refractivity (Wildman–Crippen MR) is 98.6 cm³/mol. The van der Waals surface area contributed by atoms with Crippen molar-refractivity contribution in [1.29, 1.82) is 0 Å². The fourth-order valence-electron chi connectivity index (χ4n) is 2.80. The fourth-order valence-corrected chi connectivity index (χ4v) is 2.80. The number of rotatable bonds is 4. The van der Waals surface area contributed by atoms with Crippen LogP contribution in [0.3, 0.4) is 0 Å². The summed E-state index contributed by atoms with van der Waals surface area (Å²) in [6.07, 6.45) is -1.57. The highest BCUT2D eigenvalue weighted by atomic mass is 19.4. The van der Waals surface area contributed by atoms with Crippen molar-refractivity contribution in [2.24, 2.45) is 0 Å². The molecule has 142 valence electrons. The van der Waals surface area contributed by atoms with Crippen molar-refractivity contribution in [2.75, 3.05) is 36.5 Å². The van der Waals surface area contributed by atoms with Gasteiger partial charge in [0, 0.05) is 19.2 Å². The zero-order valence-corrected chi connectivity index (χ0v) is 14.5. The van der Waals surface area contributed by atoms with Crippen LogP contribution in [0.4, 0.5) is 24.5 Å². The number of morpholine rings is 1. The number of alkyl halides is 3.